The molecule has 0 aliphatic rings. The van der Waals surface area contributed by atoms with Gasteiger partial charge in [0.25, 0.3) is 11.7 Å². The SMILES string of the molecule is CCC(F)CN(N(F)F)N(N)c1nc2ncccn2n1. The standard InChI is InChI=1S/C9H13F3N8/c1-2-7(10)6-18(20(11)12)19(13)9-15-8-14-4-3-5-17(8)16-9/h3-5,7H,2,6,13H2,1H3. The van der Waals surface area contributed by atoms with E-state index in [2.05, 4.69) is 15.1 Å². The summed E-state index contributed by atoms with van der Waals surface area (Å²) in [4.78, 5) is 7.75. The quantitative estimate of drug-likeness (QED) is 0.478. The van der Waals surface area contributed by atoms with Gasteiger partial charge < -0.3 is 0 Å². The summed E-state index contributed by atoms with van der Waals surface area (Å²) >= 11 is 0. The number of hydrogen-bond donors (Lipinski definition) is 1. The third kappa shape index (κ3) is 2.95. The lowest BCUT2D eigenvalue weighted by Gasteiger charge is -2.29. The summed E-state index contributed by atoms with van der Waals surface area (Å²) in [6.07, 6.45) is 1.62. The van der Waals surface area contributed by atoms with E-state index in [-0.39, 0.29) is 23.3 Å². The number of halogens is 3. The van der Waals surface area contributed by atoms with Crippen molar-refractivity contribution in [3.05, 3.63) is 18.5 Å². The molecule has 1 unspecified atom stereocenters. The summed E-state index contributed by atoms with van der Waals surface area (Å²) in [5.41, 5.74) is -1.32. The highest BCUT2D eigenvalue weighted by atomic mass is 19.4. The molecule has 0 aliphatic heterocycles. The molecule has 11 heteroatoms. The molecule has 1 atom stereocenters. The van der Waals surface area contributed by atoms with Crippen molar-refractivity contribution in [1.29, 1.82) is 0 Å². The van der Waals surface area contributed by atoms with Crippen LogP contribution in [0.1, 0.15) is 13.3 Å². The molecule has 20 heavy (non-hydrogen) atoms. The van der Waals surface area contributed by atoms with E-state index < -0.39 is 18.2 Å². The maximum atomic E-state index is 13.3. The molecule has 0 fully saturated rings. The van der Waals surface area contributed by atoms with E-state index in [4.69, 9.17) is 5.84 Å². The van der Waals surface area contributed by atoms with Gasteiger partial charge in [0.05, 0.1) is 6.54 Å². The zero-order chi connectivity index (χ0) is 14.7. The summed E-state index contributed by atoms with van der Waals surface area (Å²) in [6, 6.07) is 1.59. The van der Waals surface area contributed by atoms with Gasteiger partial charge in [0.1, 0.15) is 11.6 Å². The largest absolute Gasteiger partial charge is 0.277 e. The van der Waals surface area contributed by atoms with Crippen molar-refractivity contribution < 1.29 is 13.4 Å². The molecule has 0 amide bonds. The van der Waals surface area contributed by atoms with Gasteiger partial charge in [-0.05, 0) is 12.5 Å². The average Bonchev–Trinajstić information content (AvgIpc) is 2.87. The van der Waals surface area contributed by atoms with Crippen LogP contribution in [0.2, 0.25) is 0 Å². The summed E-state index contributed by atoms with van der Waals surface area (Å²) in [5, 5.41) is 4.54. The molecular formula is C9H13F3N8. The number of nitrogens with two attached hydrogens (primary N) is 1. The molecule has 0 saturated carbocycles. The van der Waals surface area contributed by atoms with Crippen molar-refractivity contribution in [2.24, 2.45) is 5.84 Å². The highest BCUT2D eigenvalue weighted by Gasteiger charge is 2.27. The van der Waals surface area contributed by atoms with Gasteiger partial charge in [0.2, 0.25) is 0 Å². The molecule has 8 nitrogen and oxygen atoms in total. The topological polar surface area (TPSA) is 78.8 Å². The van der Waals surface area contributed by atoms with Crippen molar-refractivity contribution in [2.75, 3.05) is 11.7 Å². The molecule has 2 N–H and O–H groups in total. The average molecular weight is 290 g/mol. The molecular weight excluding hydrogens is 277 g/mol. The smallest absolute Gasteiger partial charge is 0.246 e. The van der Waals surface area contributed by atoms with Crippen LogP contribution >= 0.6 is 0 Å². The molecule has 2 rings (SSSR count). The van der Waals surface area contributed by atoms with Crippen LogP contribution in [-0.4, -0.2) is 42.9 Å². The molecule has 0 radical (unpaired) electrons. The zero-order valence-electron chi connectivity index (χ0n) is 10.6. The number of aromatic nitrogens is 4. The number of hydrogen-bond acceptors (Lipinski definition) is 7. The van der Waals surface area contributed by atoms with Gasteiger partial charge in [-0.25, -0.2) is 19.7 Å². The number of fused-ring (bicyclic) bond motifs is 1. The van der Waals surface area contributed by atoms with E-state index in [0.29, 0.717) is 5.12 Å². The fourth-order valence-electron chi connectivity index (χ4n) is 1.45. The van der Waals surface area contributed by atoms with Crippen LogP contribution < -0.4 is 11.0 Å². The molecule has 2 aromatic heterocycles. The van der Waals surface area contributed by atoms with E-state index in [1.165, 1.54) is 23.8 Å². The van der Waals surface area contributed by atoms with Gasteiger partial charge in [0.15, 0.2) is 0 Å². The molecule has 110 valence electrons. The Hall–Kier alpha value is -1.98. The second kappa shape index (κ2) is 5.98. The monoisotopic (exact) mass is 290 g/mol. The third-order valence-corrected chi connectivity index (χ3v) is 2.54. The van der Waals surface area contributed by atoms with Crippen LogP contribution in [0.5, 0.6) is 0 Å². The molecule has 2 aromatic rings. The normalized spacial score (nSPS) is 13.3. The van der Waals surface area contributed by atoms with E-state index in [9.17, 15) is 13.4 Å². The summed E-state index contributed by atoms with van der Waals surface area (Å²) in [5.74, 6) is 5.47. The first-order chi connectivity index (χ1) is 9.52. The maximum absolute atomic E-state index is 13.3. The van der Waals surface area contributed by atoms with Crippen LogP contribution in [0, 0.1) is 0 Å². The fraction of sp³-hybridized carbons (Fsp3) is 0.444. The third-order valence-electron chi connectivity index (χ3n) is 2.54. The van der Waals surface area contributed by atoms with Crippen LogP contribution in [-0.2, 0) is 0 Å². The molecule has 2 heterocycles. The first-order valence-corrected chi connectivity index (χ1v) is 5.78. The van der Waals surface area contributed by atoms with Crippen molar-refractivity contribution in [3.63, 3.8) is 0 Å². The van der Waals surface area contributed by atoms with Crippen molar-refractivity contribution in [1.82, 2.24) is 30.2 Å². The van der Waals surface area contributed by atoms with Gasteiger partial charge in [-0.2, -0.15) is 10.1 Å². The van der Waals surface area contributed by atoms with Crippen LogP contribution in [0.25, 0.3) is 5.78 Å². The van der Waals surface area contributed by atoms with E-state index in [0.717, 1.165) is 0 Å². The van der Waals surface area contributed by atoms with E-state index >= 15 is 0 Å². The highest BCUT2D eigenvalue weighted by Crippen LogP contribution is 2.13. The summed E-state index contributed by atoms with van der Waals surface area (Å²) < 4.78 is 40.1. The van der Waals surface area contributed by atoms with Crippen molar-refractivity contribution in [3.8, 4) is 0 Å². The lowest BCUT2D eigenvalue weighted by Crippen LogP contribution is -2.54. The number of hydrazine groups is 3. The predicted octanol–water partition coefficient (Wildman–Crippen LogP) is 0.756. The van der Waals surface area contributed by atoms with Crippen LogP contribution in [0.3, 0.4) is 0 Å². The van der Waals surface area contributed by atoms with Crippen LogP contribution in [0.4, 0.5) is 19.3 Å². The second-order valence-electron chi connectivity index (χ2n) is 3.90. The first kappa shape index (κ1) is 14.4. The lowest BCUT2D eigenvalue weighted by molar-refractivity contribution is -0.309. The molecule has 0 aromatic carbocycles. The van der Waals surface area contributed by atoms with Gasteiger partial charge in [0, 0.05) is 12.4 Å². The predicted molar refractivity (Wildman–Crippen MR) is 63.4 cm³/mol. The number of rotatable bonds is 6. The Bertz CT molecular complexity index is 528. The number of nitrogens with zero attached hydrogens (tertiary/aromatic N) is 7. The minimum Gasteiger partial charge on any atom is -0.246 e. The molecule has 0 spiro atoms. The number of anilines is 1. The Morgan fingerprint density at radius 1 is 1.45 bits per heavy atom. The van der Waals surface area contributed by atoms with Gasteiger partial charge >= 0.3 is 0 Å². The summed E-state index contributed by atoms with van der Waals surface area (Å²) in [7, 11) is 0. The minimum atomic E-state index is -1.47. The Morgan fingerprint density at radius 2 is 2.20 bits per heavy atom. The fourth-order valence-corrected chi connectivity index (χ4v) is 1.45. The minimum absolute atomic E-state index is 0.0817. The Morgan fingerprint density at radius 3 is 2.80 bits per heavy atom. The van der Waals surface area contributed by atoms with Crippen LogP contribution in [0.15, 0.2) is 18.5 Å². The second-order valence-corrected chi connectivity index (χ2v) is 3.90. The van der Waals surface area contributed by atoms with Crippen molar-refractivity contribution in [2.45, 2.75) is 19.5 Å². The van der Waals surface area contributed by atoms with Crippen molar-refractivity contribution >= 4 is 11.7 Å². The molecule has 0 aliphatic carbocycles. The zero-order valence-corrected chi connectivity index (χ0v) is 10.6. The molecule has 0 saturated heterocycles. The van der Waals surface area contributed by atoms with E-state index in [1.54, 1.807) is 6.07 Å². The van der Waals surface area contributed by atoms with Gasteiger partial charge in [-0.1, -0.05) is 21.0 Å². The van der Waals surface area contributed by atoms with Gasteiger partial charge in [-0.15, -0.1) is 5.10 Å². The Balaban J connectivity index is 2.23. The Labute approximate surface area is 112 Å². The first-order valence-electron chi connectivity index (χ1n) is 5.78. The maximum Gasteiger partial charge on any atom is 0.277 e. The summed E-state index contributed by atoms with van der Waals surface area (Å²) in [6.45, 7) is 0.917. The lowest BCUT2D eigenvalue weighted by atomic mass is 10.3. The molecule has 0 bridgehead atoms. The highest BCUT2D eigenvalue weighted by molar-refractivity contribution is 5.36. The Kier molecular flexibility index (Phi) is 4.32. The number of alkyl halides is 1. The van der Waals surface area contributed by atoms with Gasteiger partial charge in [-0.3, -0.25) is 0 Å². The van der Waals surface area contributed by atoms with E-state index in [1.807, 2.05) is 0 Å².